The molecule has 10 nitrogen and oxygen atoms in total. The fourth-order valence-electron chi connectivity index (χ4n) is 1.55. The Kier molecular flexibility index (Phi) is 7.67. The summed E-state index contributed by atoms with van der Waals surface area (Å²) in [6, 6.07) is 11.5. The van der Waals surface area contributed by atoms with Crippen LogP contribution in [-0.2, 0) is 20.4 Å². The molecule has 0 saturated carbocycles. The van der Waals surface area contributed by atoms with Crippen molar-refractivity contribution in [1.82, 2.24) is 4.83 Å². The van der Waals surface area contributed by atoms with Gasteiger partial charge in [-0.25, -0.2) is 0 Å². The van der Waals surface area contributed by atoms with Crippen LogP contribution in [0.3, 0.4) is 0 Å². The fourth-order valence-corrected chi connectivity index (χ4v) is 2.28. The van der Waals surface area contributed by atoms with Gasteiger partial charge < -0.3 is 10.2 Å². The van der Waals surface area contributed by atoms with E-state index < -0.39 is 20.4 Å². The first-order valence-electron chi connectivity index (χ1n) is 6.72. The van der Waals surface area contributed by atoms with Crippen LogP contribution in [0.2, 0.25) is 0 Å². The molecule has 2 aromatic carbocycles. The third kappa shape index (κ3) is 8.04. The smallest absolute Gasteiger partial charge is 0.350 e. The first-order chi connectivity index (χ1) is 12.0. The maximum atomic E-state index is 10.6. The molecule has 0 amide bonds. The third-order valence-electron chi connectivity index (χ3n) is 2.71. The summed E-state index contributed by atoms with van der Waals surface area (Å²) in [5.74, 6) is 0.713. The molecule has 2 rings (SSSR count). The van der Waals surface area contributed by atoms with Crippen LogP contribution in [0, 0.1) is 0 Å². The van der Waals surface area contributed by atoms with E-state index in [1.54, 1.807) is 36.2 Å². The highest BCUT2D eigenvalue weighted by atomic mass is 32.2. The molecule has 0 heterocycles. The Morgan fingerprint density at radius 1 is 1.00 bits per heavy atom. The number of carbonyl (C=O) groups is 1. The molecule has 0 radical (unpaired) electrons. The van der Waals surface area contributed by atoms with Crippen molar-refractivity contribution in [2.75, 3.05) is 12.5 Å². The minimum atomic E-state index is -4.39. The lowest BCUT2D eigenvalue weighted by molar-refractivity contribution is 0.112. The van der Waals surface area contributed by atoms with Crippen molar-refractivity contribution in [3.8, 4) is 5.75 Å². The lowest BCUT2D eigenvalue weighted by atomic mass is 10.2. The highest BCUT2D eigenvalue weighted by Crippen LogP contribution is 2.13. The molecular weight excluding hydrogens is 388 g/mol. The lowest BCUT2D eigenvalue weighted by Crippen LogP contribution is -2.28. The van der Waals surface area contributed by atoms with Gasteiger partial charge in [0, 0.05) is 11.3 Å². The molecule has 26 heavy (non-hydrogen) atoms. The van der Waals surface area contributed by atoms with Gasteiger partial charge in [-0.1, -0.05) is 12.1 Å². The van der Waals surface area contributed by atoms with Crippen molar-refractivity contribution < 1.29 is 35.5 Å². The van der Waals surface area contributed by atoms with Crippen molar-refractivity contribution in [1.29, 1.82) is 0 Å². The van der Waals surface area contributed by atoms with Crippen molar-refractivity contribution in [2.45, 2.75) is 4.90 Å². The lowest BCUT2D eigenvalue weighted by Gasteiger charge is -2.05. The molecule has 0 fully saturated rings. The minimum absolute atomic E-state index is 0.185. The second-order valence-electron chi connectivity index (χ2n) is 4.60. The molecule has 0 aliphatic heterocycles. The number of hydrogen-bond acceptors (Lipinski definition) is 7. The molecule has 142 valence electrons. The normalized spacial score (nSPS) is 11.0. The van der Waals surface area contributed by atoms with Gasteiger partial charge in [-0.15, -0.1) is 4.83 Å². The standard InChI is InChI=1S/C8H8O2.C6H8N2O6S2/c1-10-8-4-2-3-7(5-8)6-9;9-15(10,11)6-3-1-5(2-4-6)7-8-16(12,13)14/h2-6H,1H3;1-4,7-8H,(H,9,10,11)(H,12,13,14). The molecular formula is C14H16N2O8S2. The molecule has 2 aromatic rings. The summed E-state index contributed by atoms with van der Waals surface area (Å²) in [6.07, 6.45) is 0.794. The van der Waals surface area contributed by atoms with Gasteiger partial charge in [0.2, 0.25) is 0 Å². The number of benzene rings is 2. The Hall–Kier alpha value is -2.51. The largest absolute Gasteiger partial charge is 0.497 e. The van der Waals surface area contributed by atoms with E-state index >= 15 is 0 Å². The van der Waals surface area contributed by atoms with Gasteiger partial charge >= 0.3 is 10.3 Å². The maximum absolute atomic E-state index is 10.6. The summed E-state index contributed by atoms with van der Waals surface area (Å²) < 4.78 is 63.7. The number of hydrazine groups is 1. The van der Waals surface area contributed by atoms with E-state index in [1.807, 2.05) is 0 Å². The molecule has 0 saturated heterocycles. The summed E-state index contributed by atoms with van der Waals surface area (Å²) in [6.45, 7) is 0. The second-order valence-corrected chi connectivity index (χ2v) is 7.17. The van der Waals surface area contributed by atoms with Gasteiger partial charge in [0.15, 0.2) is 0 Å². The Morgan fingerprint density at radius 3 is 2.08 bits per heavy atom. The Labute approximate surface area is 150 Å². The number of aldehydes is 1. The maximum Gasteiger partial charge on any atom is 0.350 e. The molecule has 0 atom stereocenters. The molecule has 0 aliphatic rings. The molecule has 12 heteroatoms. The van der Waals surface area contributed by atoms with E-state index in [9.17, 15) is 21.6 Å². The molecule has 0 unspecified atom stereocenters. The number of anilines is 1. The van der Waals surface area contributed by atoms with Crippen molar-refractivity contribution in [2.24, 2.45) is 0 Å². The van der Waals surface area contributed by atoms with E-state index in [-0.39, 0.29) is 10.6 Å². The van der Waals surface area contributed by atoms with E-state index in [1.165, 1.54) is 12.1 Å². The first-order valence-corrected chi connectivity index (χ1v) is 9.60. The summed E-state index contributed by atoms with van der Waals surface area (Å²) in [5, 5.41) is 0. The third-order valence-corrected chi connectivity index (χ3v) is 3.93. The molecule has 4 N–H and O–H groups in total. The van der Waals surface area contributed by atoms with E-state index in [4.69, 9.17) is 13.8 Å². The molecule has 0 bridgehead atoms. The van der Waals surface area contributed by atoms with Crippen molar-refractivity contribution >= 4 is 32.4 Å². The van der Waals surface area contributed by atoms with Crippen molar-refractivity contribution in [3.05, 3.63) is 54.1 Å². The number of methoxy groups -OCH3 is 1. The predicted octanol–water partition coefficient (Wildman–Crippen LogP) is 1.16. The summed E-state index contributed by atoms with van der Waals surface area (Å²) in [5.41, 5.74) is 2.92. The van der Waals surface area contributed by atoms with Crippen LogP contribution >= 0.6 is 0 Å². The van der Waals surface area contributed by atoms with Gasteiger partial charge in [-0.2, -0.15) is 16.8 Å². The SMILES string of the molecule is COc1cccc(C=O)c1.O=S(=O)(O)NNc1ccc(S(=O)(=O)O)cc1. The van der Waals surface area contributed by atoms with Crippen LogP contribution < -0.4 is 15.0 Å². The topological polar surface area (TPSA) is 159 Å². The van der Waals surface area contributed by atoms with Crippen LogP contribution in [-0.4, -0.2) is 39.3 Å². The highest BCUT2D eigenvalue weighted by Gasteiger charge is 2.08. The van der Waals surface area contributed by atoms with Crippen LogP contribution in [0.5, 0.6) is 5.75 Å². The monoisotopic (exact) mass is 404 g/mol. The van der Waals surface area contributed by atoms with Gasteiger partial charge in [0.25, 0.3) is 10.1 Å². The second kappa shape index (κ2) is 9.26. The van der Waals surface area contributed by atoms with Crippen LogP contribution in [0.1, 0.15) is 10.4 Å². The number of carbonyl (C=O) groups excluding carboxylic acids is 1. The predicted molar refractivity (Wildman–Crippen MR) is 92.9 cm³/mol. The average molecular weight is 404 g/mol. The van der Waals surface area contributed by atoms with E-state index in [0.29, 0.717) is 11.3 Å². The zero-order valence-electron chi connectivity index (χ0n) is 13.4. The Balaban J connectivity index is 0.000000289. The fraction of sp³-hybridized carbons (Fsp3) is 0.0714. The van der Waals surface area contributed by atoms with Gasteiger partial charge in [-0.3, -0.25) is 13.9 Å². The highest BCUT2D eigenvalue weighted by molar-refractivity contribution is 7.85. The Bertz CT molecular complexity index is 941. The van der Waals surface area contributed by atoms with Crippen LogP contribution in [0.25, 0.3) is 0 Å². The Morgan fingerprint density at radius 2 is 1.62 bits per heavy atom. The van der Waals surface area contributed by atoms with Gasteiger partial charge in [0.05, 0.1) is 12.0 Å². The number of rotatable bonds is 6. The van der Waals surface area contributed by atoms with E-state index in [2.05, 4.69) is 5.43 Å². The average Bonchev–Trinajstić information content (AvgIpc) is 2.59. The molecule has 0 spiro atoms. The zero-order chi connectivity index (χ0) is 19.8. The van der Waals surface area contributed by atoms with Gasteiger partial charge in [0.1, 0.15) is 12.0 Å². The minimum Gasteiger partial charge on any atom is -0.497 e. The number of hydrogen-bond donors (Lipinski definition) is 4. The van der Waals surface area contributed by atoms with E-state index in [0.717, 1.165) is 18.4 Å². The first kappa shape index (κ1) is 21.5. The quantitative estimate of drug-likeness (QED) is 0.315. The van der Waals surface area contributed by atoms with Gasteiger partial charge in [-0.05, 0) is 36.4 Å². The molecule has 0 aliphatic carbocycles. The van der Waals surface area contributed by atoms with Crippen LogP contribution in [0.15, 0.2) is 53.4 Å². The summed E-state index contributed by atoms with van der Waals surface area (Å²) >= 11 is 0. The zero-order valence-corrected chi connectivity index (χ0v) is 15.0. The molecule has 0 aromatic heterocycles. The summed E-state index contributed by atoms with van der Waals surface area (Å²) in [4.78, 5) is 11.5. The summed E-state index contributed by atoms with van der Waals surface area (Å²) in [7, 11) is -7.10. The number of ether oxygens (including phenoxy) is 1. The van der Waals surface area contributed by atoms with Crippen molar-refractivity contribution in [3.63, 3.8) is 0 Å². The number of nitrogens with one attached hydrogen (secondary N) is 2. The van der Waals surface area contributed by atoms with Crippen LogP contribution in [0.4, 0.5) is 5.69 Å².